The van der Waals surface area contributed by atoms with Crippen LogP contribution in [0.1, 0.15) is 5.56 Å². The fourth-order valence-electron chi connectivity index (χ4n) is 1.37. The minimum atomic E-state index is 0.303. The van der Waals surface area contributed by atoms with Gasteiger partial charge in [-0.15, -0.1) is 0 Å². The van der Waals surface area contributed by atoms with Crippen molar-refractivity contribution in [2.45, 2.75) is 16.7 Å². The lowest BCUT2D eigenvalue weighted by molar-refractivity contribution is 0.475. The first-order valence-electron chi connectivity index (χ1n) is 4.88. The van der Waals surface area contributed by atoms with Crippen LogP contribution in [0.25, 0.3) is 0 Å². The number of rotatable bonds is 2. The molecule has 0 saturated heterocycles. The van der Waals surface area contributed by atoms with Gasteiger partial charge in [0.2, 0.25) is 0 Å². The molecule has 0 amide bonds. The number of hydrogen-bond donors (Lipinski definition) is 1. The van der Waals surface area contributed by atoms with Crippen molar-refractivity contribution in [1.82, 2.24) is 0 Å². The molecule has 0 bridgehead atoms. The van der Waals surface area contributed by atoms with E-state index < -0.39 is 0 Å². The van der Waals surface area contributed by atoms with E-state index in [9.17, 15) is 5.11 Å². The third-order valence-electron chi connectivity index (χ3n) is 2.20. The summed E-state index contributed by atoms with van der Waals surface area (Å²) in [5.74, 6) is 0.303. The van der Waals surface area contributed by atoms with Crippen LogP contribution in [0, 0.1) is 6.92 Å². The highest BCUT2D eigenvalue weighted by molar-refractivity contribution is 9.10. The van der Waals surface area contributed by atoms with Gasteiger partial charge in [0.05, 0.1) is 0 Å². The van der Waals surface area contributed by atoms with Gasteiger partial charge in [0, 0.05) is 14.3 Å². The predicted octanol–water partition coefficient (Wildman–Crippen LogP) is 4.61. The highest BCUT2D eigenvalue weighted by Gasteiger charge is 2.01. The van der Waals surface area contributed by atoms with E-state index in [0.29, 0.717) is 5.75 Å². The van der Waals surface area contributed by atoms with Crippen molar-refractivity contribution >= 4 is 27.7 Å². The summed E-state index contributed by atoms with van der Waals surface area (Å²) in [6.45, 7) is 2.09. The Morgan fingerprint density at radius 3 is 2.38 bits per heavy atom. The highest BCUT2D eigenvalue weighted by atomic mass is 79.9. The lowest BCUT2D eigenvalue weighted by atomic mass is 10.2. The van der Waals surface area contributed by atoms with Gasteiger partial charge in [-0.2, -0.15) is 0 Å². The Labute approximate surface area is 108 Å². The van der Waals surface area contributed by atoms with Gasteiger partial charge < -0.3 is 5.11 Å². The molecule has 0 spiro atoms. The molecular weight excluding hydrogens is 284 g/mol. The minimum Gasteiger partial charge on any atom is -0.508 e. The van der Waals surface area contributed by atoms with Crippen molar-refractivity contribution in [1.29, 1.82) is 0 Å². The topological polar surface area (TPSA) is 20.2 Å². The van der Waals surface area contributed by atoms with Gasteiger partial charge in [-0.1, -0.05) is 27.7 Å². The number of benzene rings is 2. The van der Waals surface area contributed by atoms with Crippen molar-refractivity contribution < 1.29 is 5.11 Å². The zero-order chi connectivity index (χ0) is 11.5. The van der Waals surface area contributed by atoms with E-state index in [1.165, 1.54) is 10.5 Å². The molecule has 0 aliphatic heterocycles. The summed E-state index contributed by atoms with van der Waals surface area (Å²) in [5, 5.41) is 9.20. The quantitative estimate of drug-likeness (QED) is 0.872. The lowest BCUT2D eigenvalue weighted by Gasteiger charge is -2.06. The third-order valence-corrected chi connectivity index (χ3v) is 3.88. The van der Waals surface area contributed by atoms with Crippen molar-refractivity contribution in [3.63, 3.8) is 0 Å². The number of phenols is 1. The largest absolute Gasteiger partial charge is 0.508 e. The molecule has 1 nitrogen and oxygen atoms in total. The zero-order valence-electron chi connectivity index (χ0n) is 8.77. The first kappa shape index (κ1) is 11.6. The summed E-state index contributed by atoms with van der Waals surface area (Å²) < 4.78 is 1.10. The van der Waals surface area contributed by atoms with Gasteiger partial charge in [0.1, 0.15) is 5.75 Å². The van der Waals surface area contributed by atoms with Crippen molar-refractivity contribution in [3.05, 3.63) is 52.5 Å². The van der Waals surface area contributed by atoms with Gasteiger partial charge in [-0.05, 0) is 55.0 Å². The van der Waals surface area contributed by atoms with Gasteiger partial charge in [-0.3, -0.25) is 0 Å². The zero-order valence-corrected chi connectivity index (χ0v) is 11.2. The van der Waals surface area contributed by atoms with Crippen molar-refractivity contribution in [2.24, 2.45) is 0 Å². The molecule has 16 heavy (non-hydrogen) atoms. The van der Waals surface area contributed by atoms with E-state index in [0.717, 1.165) is 9.37 Å². The Balaban J connectivity index is 2.23. The fourth-order valence-corrected chi connectivity index (χ4v) is 2.73. The summed E-state index contributed by atoms with van der Waals surface area (Å²) >= 11 is 5.15. The summed E-state index contributed by atoms with van der Waals surface area (Å²) in [4.78, 5) is 2.36. The molecule has 0 fully saturated rings. The van der Waals surface area contributed by atoms with Crippen LogP contribution in [-0.2, 0) is 0 Å². The van der Waals surface area contributed by atoms with Crippen LogP contribution in [0.2, 0.25) is 0 Å². The maximum atomic E-state index is 9.20. The van der Waals surface area contributed by atoms with E-state index in [2.05, 4.69) is 35.0 Å². The maximum absolute atomic E-state index is 9.20. The van der Waals surface area contributed by atoms with Gasteiger partial charge in [0.15, 0.2) is 0 Å². The molecule has 3 heteroatoms. The lowest BCUT2D eigenvalue weighted by Crippen LogP contribution is -1.79. The molecule has 0 aromatic heterocycles. The first-order valence-corrected chi connectivity index (χ1v) is 6.49. The summed E-state index contributed by atoms with van der Waals surface area (Å²) in [5.41, 5.74) is 1.24. The predicted molar refractivity (Wildman–Crippen MR) is 71.1 cm³/mol. The number of halogens is 1. The smallest absolute Gasteiger partial charge is 0.115 e. The Kier molecular flexibility index (Phi) is 3.56. The van der Waals surface area contributed by atoms with Crippen LogP contribution < -0.4 is 0 Å². The van der Waals surface area contributed by atoms with Gasteiger partial charge in [0.25, 0.3) is 0 Å². The standard InChI is InChI=1S/C13H11BrOS/c1-9-8-10(14)2-7-13(9)16-12-5-3-11(15)4-6-12/h2-8,15H,1H3. The van der Waals surface area contributed by atoms with Crippen LogP contribution in [0.4, 0.5) is 0 Å². The highest BCUT2D eigenvalue weighted by Crippen LogP contribution is 2.32. The number of aromatic hydroxyl groups is 1. The summed E-state index contributed by atoms with van der Waals surface area (Å²) in [7, 11) is 0. The second kappa shape index (κ2) is 4.93. The molecule has 0 heterocycles. The first-order chi connectivity index (χ1) is 7.65. The Morgan fingerprint density at radius 1 is 1.06 bits per heavy atom. The van der Waals surface area contributed by atoms with Gasteiger partial charge in [-0.25, -0.2) is 0 Å². The van der Waals surface area contributed by atoms with Crippen molar-refractivity contribution in [2.75, 3.05) is 0 Å². The Hall–Kier alpha value is -0.930. The second-order valence-corrected chi connectivity index (χ2v) is 5.54. The molecule has 2 rings (SSSR count). The molecule has 0 atom stereocenters. The molecule has 1 N–H and O–H groups in total. The molecule has 0 aliphatic rings. The minimum absolute atomic E-state index is 0.303. The molecular formula is C13H11BrOS. The maximum Gasteiger partial charge on any atom is 0.115 e. The molecule has 0 radical (unpaired) electrons. The van der Waals surface area contributed by atoms with Crippen LogP contribution in [0.15, 0.2) is 56.7 Å². The number of phenolic OH excluding ortho intramolecular Hbond substituents is 1. The number of hydrogen-bond acceptors (Lipinski definition) is 2. The van der Waals surface area contributed by atoms with Crippen LogP contribution >= 0.6 is 27.7 Å². The van der Waals surface area contributed by atoms with E-state index in [-0.39, 0.29) is 0 Å². The molecule has 2 aromatic rings. The fraction of sp³-hybridized carbons (Fsp3) is 0.0769. The summed E-state index contributed by atoms with van der Waals surface area (Å²) in [6, 6.07) is 13.5. The average Bonchev–Trinajstić information content (AvgIpc) is 2.25. The van der Waals surface area contributed by atoms with Gasteiger partial charge >= 0.3 is 0 Å². The second-order valence-electron chi connectivity index (χ2n) is 3.51. The molecule has 0 aliphatic carbocycles. The molecule has 82 valence electrons. The van der Waals surface area contributed by atoms with E-state index in [4.69, 9.17) is 0 Å². The third kappa shape index (κ3) is 2.80. The molecule has 2 aromatic carbocycles. The molecule has 0 saturated carbocycles. The Bertz CT molecular complexity index is 494. The van der Waals surface area contributed by atoms with Crippen molar-refractivity contribution in [3.8, 4) is 5.75 Å². The van der Waals surface area contributed by atoms with Crippen LogP contribution in [-0.4, -0.2) is 5.11 Å². The number of aryl methyl sites for hydroxylation is 1. The van der Waals surface area contributed by atoms with Crippen LogP contribution in [0.3, 0.4) is 0 Å². The average molecular weight is 295 g/mol. The normalized spacial score (nSPS) is 10.4. The SMILES string of the molecule is Cc1cc(Br)ccc1Sc1ccc(O)cc1. The summed E-state index contributed by atoms with van der Waals surface area (Å²) in [6.07, 6.45) is 0. The van der Waals surface area contributed by atoms with Crippen LogP contribution in [0.5, 0.6) is 5.75 Å². The van der Waals surface area contributed by atoms with E-state index in [1.807, 2.05) is 18.2 Å². The van der Waals surface area contributed by atoms with E-state index in [1.54, 1.807) is 23.9 Å². The van der Waals surface area contributed by atoms with E-state index >= 15 is 0 Å². The Morgan fingerprint density at radius 2 is 1.75 bits per heavy atom. The molecule has 0 unspecified atom stereocenters. The monoisotopic (exact) mass is 294 g/mol.